The summed E-state index contributed by atoms with van der Waals surface area (Å²) in [6.07, 6.45) is 6.15. The Hall–Kier alpha value is -3.49. The van der Waals surface area contributed by atoms with E-state index in [1.165, 1.54) is 4.90 Å². The van der Waals surface area contributed by atoms with Crippen molar-refractivity contribution < 1.29 is 9.59 Å². The number of likely N-dealkylation sites (N-methyl/N-ethyl adjacent to an activating group) is 1. The van der Waals surface area contributed by atoms with Gasteiger partial charge in [0, 0.05) is 20.3 Å². The van der Waals surface area contributed by atoms with Crippen LogP contribution in [0.1, 0.15) is 40.6 Å². The molecule has 1 aliphatic carbocycles. The van der Waals surface area contributed by atoms with Crippen LogP contribution in [-0.4, -0.2) is 55.6 Å². The van der Waals surface area contributed by atoms with E-state index in [1.807, 2.05) is 36.5 Å². The maximum absolute atomic E-state index is 12.7. The summed E-state index contributed by atoms with van der Waals surface area (Å²) in [5, 5.41) is 15.6. The summed E-state index contributed by atoms with van der Waals surface area (Å²) in [5.74, 6) is -0.313. The van der Waals surface area contributed by atoms with Gasteiger partial charge in [-0.3, -0.25) is 14.3 Å². The smallest absolute Gasteiger partial charge is 0.274 e. The van der Waals surface area contributed by atoms with Crippen molar-refractivity contribution in [2.75, 3.05) is 14.1 Å². The van der Waals surface area contributed by atoms with Gasteiger partial charge in [-0.25, -0.2) is 4.68 Å². The minimum atomic E-state index is -0.288. The highest BCUT2D eigenvalue weighted by Gasteiger charge is 2.27. The Morgan fingerprint density at radius 1 is 1.21 bits per heavy atom. The van der Waals surface area contributed by atoms with Crippen molar-refractivity contribution in [1.29, 1.82) is 0 Å². The molecule has 0 radical (unpaired) electrons. The van der Waals surface area contributed by atoms with Crippen molar-refractivity contribution in [3.05, 3.63) is 59.7 Å². The molecule has 2 aromatic heterocycles. The fourth-order valence-electron chi connectivity index (χ4n) is 3.41. The Labute approximate surface area is 168 Å². The van der Waals surface area contributed by atoms with Crippen LogP contribution in [0.5, 0.6) is 0 Å². The van der Waals surface area contributed by atoms with Gasteiger partial charge >= 0.3 is 0 Å². The van der Waals surface area contributed by atoms with Crippen molar-refractivity contribution >= 4 is 11.8 Å². The number of amides is 2. The topological polar surface area (TPSA) is 97.9 Å². The monoisotopic (exact) mass is 393 g/mol. The molecule has 0 aliphatic heterocycles. The van der Waals surface area contributed by atoms with Gasteiger partial charge in [0.2, 0.25) is 5.91 Å². The number of nitrogens with one attached hydrogen (secondary N) is 1. The van der Waals surface area contributed by atoms with E-state index in [1.54, 1.807) is 29.7 Å². The number of carbonyl (C=O) groups excluding carboxylic acids is 2. The molecule has 0 bridgehead atoms. The third-order valence-corrected chi connectivity index (χ3v) is 4.99. The van der Waals surface area contributed by atoms with E-state index in [0.717, 1.165) is 36.2 Å². The van der Waals surface area contributed by atoms with E-state index in [4.69, 9.17) is 0 Å². The molecule has 2 amide bonds. The van der Waals surface area contributed by atoms with E-state index in [2.05, 4.69) is 20.7 Å². The average molecular weight is 393 g/mol. The number of nitrogens with zero attached hydrogens (tertiary/aromatic N) is 6. The van der Waals surface area contributed by atoms with Crippen LogP contribution in [-0.2, 0) is 17.8 Å². The van der Waals surface area contributed by atoms with Gasteiger partial charge in [-0.1, -0.05) is 23.4 Å². The van der Waals surface area contributed by atoms with Gasteiger partial charge in [-0.2, -0.15) is 5.10 Å². The molecular weight excluding hydrogens is 370 g/mol. The van der Waals surface area contributed by atoms with Crippen LogP contribution < -0.4 is 5.32 Å². The van der Waals surface area contributed by atoms with E-state index in [9.17, 15) is 9.59 Å². The number of para-hydroxylation sites is 1. The molecule has 1 unspecified atom stereocenters. The molecule has 1 aliphatic rings. The lowest BCUT2D eigenvalue weighted by Gasteiger charge is -2.21. The summed E-state index contributed by atoms with van der Waals surface area (Å²) in [7, 11) is 3.44. The van der Waals surface area contributed by atoms with Gasteiger partial charge in [0.25, 0.3) is 5.91 Å². The Kier molecular flexibility index (Phi) is 5.11. The van der Waals surface area contributed by atoms with Crippen molar-refractivity contribution in [3.63, 3.8) is 0 Å². The van der Waals surface area contributed by atoms with Crippen LogP contribution >= 0.6 is 0 Å². The minimum absolute atomic E-state index is 0.0250. The molecule has 1 aromatic carbocycles. The van der Waals surface area contributed by atoms with Crippen LogP contribution in [0.4, 0.5) is 0 Å². The SMILES string of the molecule is CN(C)C(=O)Cn1cc2c(n1)C(NC(=O)c1cn(-c3ccccc3)nn1)CCC2. The van der Waals surface area contributed by atoms with Crippen molar-refractivity contribution in [1.82, 2.24) is 35.0 Å². The minimum Gasteiger partial charge on any atom is -0.347 e. The number of hydrogen-bond acceptors (Lipinski definition) is 5. The molecule has 4 rings (SSSR count). The van der Waals surface area contributed by atoms with Crippen molar-refractivity contribution in [2.24, 2.45) is 0 Å². The van der Waals surface area contributed by atoms with Crippen LogP contribution in [0.2, 0.25) is 0 Å². The van der Waals surface area contributed by atoms with E-state index < -0.39 is 0 Å². The van der Waals surface area contributed by atoms with Crippen LogP contribution in [0.3, 0.4) is 0 Å². The first-order valence-corrected chi connectivity index (χ1v) is 9.56. The molecule has 29 heavy (non-hydrogen) atoms. The molecule has 9 nitrogen and oxygen atoms in total. The van der Waals surface area contributed by atoms with Gasteiger partial charge in [-0.15, -0.1) is 5.10 Å². The van der Waals surface area contributed by atoms with Crippen molar-refractivity contribution in [3.8, 4) is 5.69 Å². The Balaban J connectivity index is 1.48. The largest absolute Gasteiger partial charge is 0.347 e. The van der Waals surface area contributed by atoms with E-state index in [-0.39, 0.29) is 30.1 Å². The number of hydrogen-bond donors (Lipinski definition) is 1. The van der Waals surface area contributed by atoms with Crippen molar-refractivity contribution in [2.45, 2.75) is 31.8 Å². The molecule has 0 saturated carbocycles. The van der Waals surface area contributed by atoms with Gasteiger partial charge < -0.3 is 10.2 Å². The number of aromatic nitrogens is 5. The summed E-state index contributed by atoms with van der Waals surface area (Å²) in [5.41, 5.74) is 2.99. The molecule has 3 aromatic rings. The number of carbonyl (C=O) groups is 2. The van der Waals surface area contributed by atoms with E-state index in [0.29, 0.717) is 0 Å². The van der Waals surface area contributed by atoms with Crippen LogP contribution in [0.25, 0.3) is 5.69 Å². The molecule has 1 atom stereocenters. The lowest BCUT2D eigenvalue weighted by atomic mass is 9.93. The number of aryl methyl sites for hydroxylation is 1. The Morgan fingerprint density at radius 2 is 2.00 bits per heavy atom. The summed E-state index contributed by atoms with van der Waals surface area (Å²) >= 11 is 0. The maximum atomic E-state index is 12.7. The molecule has 0 saturated heterocycles. The summed E-state index contributed by atoms with van der Waals surface area (Å²) < 4.78 is 3.23. The third kappa shape index (κ3) is 4.03. The molecule has 2 heterocycles. The number of benzene rings is 1. The van der Waals surface area contributed by atoms with Gasteiger partial charge in [0.1, 0.15) is 6.54 Å². The average Bonchev–Trinajstić information content (AvgIpc) is 3.36. The first-order valence-electron chi connectivity index (χ1n) is 9.56. The maximum Gasteiger partial charge on any atom is 0.274 e. The first-order chi connectivity index (χ1) is 14.0. The second-order valence-electron chi connectivity index (χ2n) is 7.33. The zero-order valence-corrected chi connectivity index (χ0v) is 16.4. The highest BCUT2D eigenvalue weighted by molar-refractivity contribution is 5.92. The molecule has 9 heteroatoms. The fraction of sp³-hybridized carbons (Fsp3) is 0.350. The predicted octanol–water partition coefficient (Wildman–Crippen LogP) is 1.36. The quantitative estimate of drug-likeness (QED) is 0.706. The van der Waals surface area contributed by atoms with E-state index >= 15 is 0 Å². The highest BCUT2D eigenvalue weighted by Crippen LogP contribution is 2.28. The zero-order chi connectivity index (χ0) is 20.4. The number of fused-ring (bicyclic) bond motifs is 1. The molecule has 1 N–H and O–H groups in total. The summed E-state index contributed by atoms with van der Waals surface area (Å²) in [6, 6.07) is 9.30. The van der Waals surface area contributed by atoms with Crippen LogP contribution in [0.15, 0.2) is 42.7 Å². The lowest BCUT2D eigenvalue weighted by molar-refractivity contribution is -0.129. The zero-order valence-electron chi connectivity index (χ0n) is 16.4. The summed E-state index contributed by atoms with van der Waals surface area (Å²) in [4.78, 5) is 26.2. The van der Waals surface area contributed by atoms with Crippen LogP contribution in [0, 0.1) is 0 Å². The van der Waals surface area contributed by atoms with Gasteiger partial charge in [0.15, 0.2) is 5.69 Å². The lowest BCUT2D eigenvalue weighted by Crippen LogP contribution is -2.31. The fourth-order valence-corrected chi connectivity index (χ4v) is 3.41. The highest BCUT2D eigenvalue weighted by atomic mass is 16.2. The molecule has 0 fully saturated rings. The predicted molar refractivity (Wildman–Crippen MR) is 105 cm³/mol. The standard InChI is InChI=1S/C20H23N7O2/c1-25(2)18(28)13-26-11-14-7-6-10-16(19(14)23-26)21-20(29)17-12-27(24-22-17)15-8-4-3-5-9-15/h3-5,8-9,11-12,16H,6-7,10,13H2,1-2H3,(H,21,29). The second kappa shape index (κ2) is 7.86. The van der Waals surface area contributed by atoms with Gasteiger partial charge in [0.05, 0.1) is 23.6 Å². The number of rotatable bonds is 5. The second-order valence-corrected chi connectivity index (χ2v) is 7.33. The Morgan fingerprint density at radius 3 is 2.76 bits per heavy atom. The first kappa shape index (κ1) is 18.9. The third-order valence-electron chi connectivity index (χ3n) is 4.99. The molecular formula is C20H23N7O2. The Bertz CT molecular complexity index is 1020. The van der Waals surface area contributed by atoms with Gasteiger partial charge in [-0.05, 0) is 37.0 Å². The summed E-state index contributed by atoms with van der Waals surface area (Å²) in [6.45, 7) is 0.187. The molecule has 150 valence electrons. The normalized spacial score (nSPS) is 15.6. The molecule has 0 spiro atoms.